The molecule has 0 spiro atoms. The van der Waals surface area contributed by atoms with E-state index in [-0.39, 0.29) is 5.91 Å². The molecule has 82 valence electrons. The van der Waals surface area contributed by atoms with Crippen LogP contribution < -0.4 is 5.32 Å². The standard InChI is InChI=1S/C11H20BrNO/c1-9-8-10(9)11(14)13-7-5-3-2-4-6-12/h9-10H,2-8H2,1H3,(H,13,14). The zero-order valence-corrected chi connectivity index (χ0v) is 10.5. The van der Waals surface area contributed by atoms with Crippen LogP contribution in [0.25, 0.3) is 0 Å². The van der Waals surface area contributed by atoms with Crippen LogP contribution in [0.1, 0.15) is 39.0 Å². The van der Waals surface area contributed by atoms with E-state index >= 15 is 0 Å². The summed E-state index contributed by atoms with van der Waals surface area (Å²) in [6.07, 6.45) is 5.95. The van der Waals surface area contributed by atoms with Crippen molar-refractivity contribution in [3.05, 3.63) is 0 Å². The molecule has 3 heteroatoms. The second-order valence-corrected chi connectivity index (χ2v) is 5.01. The Balaban J connectivity index is 1.86. The number of unbranched alkanes of at least 4 members (excludes halogenated alkanes) is 3. The first-order valence-electron chi connectivity index (χ1n) is 5.59. The molecule has 2 nitrogen and oxygen atoms in total. The highest BCUT2D eigenvalue weighted by Gasteiger charge is 2.38. The highest BCUT2D eigenvalue weighted by atomic mass is 79.9. The third-order valence-electron chi connectivity index (χ3n) is 2.81. The van der Waals surface area contributed by atoms with Crippen LogP contribution in [0.3, 0.4) is 0 Å². The summed E-state index contributed by atoms with van der Waals surface area (Å²) in [5.74, 6) is 1.24. The first-order valence-corrected chi connectivity index (χ1v) is 6.71. The van der Waals surface area contributed by atoms with E-state index in [4.69, 9.17) is 0 Å². The second kappa shape index (κ2) is 6.44. The fourth-order valence-electron chi connectivity index (χ4n) is 1.60. The molecule has 0 heterocycles. The molecule has 1 saturated carbocycles. The maximum atomic E-state index is 11.4. The predicted octanol–water partition coefficient (Wildman–Crippen LogP) is 2.71. The molecule has 0 radical (unpaired) electrons. The largest absolute Gasteiger partial charge is 0.356 e. The summed E-state index contributed by atoms with van der Waals surface area (Å²) >= 11 is 3.41. The van der Waals surface area contributed by atoms with E-state index in [2.05, 4.69) is 28.2 Å². The highest BCUT2D eigenvalue weighted by Crippen LogP contribution is 2.37. The molecule has 0 aromatic carbocycles. The molecule has 1 rings (SSSR count). The maximum absolute atomic E-state index is 11.4. The van der Waals surface area contributed by atoms with Gasteiger partial charge in [0.2, 0.25) is 5.91 Å². The van der Waals surface area contributed by atoms with Crippen molar-refractivity contribution < 1.29 is 4.79 Å². The minimum Gasteiger partial charge on any atom is -0.356 e. The maximum Gasteiger partial charge on any atom is 0.223 e. The van der Waals surface area contributed by atoms with Gasteiger partial charge >= 0.3 is 0 Å². The fourth-order valence-corrected chi connectivity index (χ4v) is 2.00. The lowest BCUT2D eigenvalue weighted by atomic mass is 10.2. The molecule has 1 fully saturated rings. The number of hydrogen-bond donors (Lipinski definition) is 1. The van der Waals surface area contributed by atoms with Crippen molar-refractivity contribution in [1.29, 1.82) is 0 Å². The van der Waals surface area contributed by atoms with Crippen LogP contribution in [0.4, 0.5) is 0 Å². The Labute approximate surface area is 95.0 Å². The quantitative estimate of drug-likeness (QED) is 0.554. The summed E-state index contributed by atoms with van der Waals surface area (Å²) in [6, 6.07) is 0. The van der Waals surface area contributed by atoms with Crippen molar-refractivity contribution in [2.45, 2.75) is 39.0 Å². The molecule has 0 aromatic rings. The molecule has 1 N–H and O–H groups in total. The normalized spacial score (nSPS) is 24.7. The van der Waals surface area contributed by atoms with Crippen LogP contribution in [0.5, 0.6) is 0 Å². The molecule has 1 amide bonds. The van der Waals surface area contributed by atoms with Gasteiger partial charge in [0.25, 0.3) is 0 Å². The second-order valence-electron chi connectivity index (χ2n) is 4.21. The predicted molar refractivity (Wildman–Crippen MR) is 62.5 cm³/mol. The Kier molecular flexibility index (Phi) is 5.53. The van der Waals surface area contributed by atoms with Gasteiger partial charge in [0, 0.05) is 17.8 Å². The molecular formula is C11H20BrNO. The topological polar surface area (TPSA) is 29.1 Å². The summed E-state index contributed by atoms with van der Waals surface area (Å²) in [7, 11) is 0. The fraction of sp³-hybridized carbons (Fsp3) is 0.909. The van der Waals surface area contributed by atoms with Crippen LogP contribution in [-0.2, 0) is 4.79 Å². The summed E-state index contributed by atoms with van der Waals surface area (Å²) in [5.41, 5.74) is 0. The number of carbonyl (C=O) groups is 1. The first kappa shape index (κ1) is 12.0. The van der Waals surface area contributed by atoms with Gasteiger partial charge in [-0.3, -0.25) is 4.79 Å². The van der Waals surface area contributed by atoms with Gasteiger partial charge in [0.1, 0.15) is 0 Å². The molecule has 0 aliphatic heterocycles. The van der Waals surface area contributed by atoms with Gasteiger partial charge in [-0.15, -0.1) is 0 Å². The lowest BCUT2D eigenvalue weighted by Gasteiger charge is -2.03. The van der Waals surface area contributed by atoms with Gasteiger partial charge in [0.05, 0.1) is 0 Å². The third kappa shape index (κ3) is 4.45. The SMILES string of the molecule is CC1CC1C(=O)NCCCCCCBr. The number of halogens is 1. The number of carbonyl (C=O) groups excluding carboxylic acids is 1. The number of alkyl halides is 1. The Morgan fingerprint density at radius 1 is 1.36 bits per heavy atom. The Morgan fingerprint density at radius 2 is 2.00 bits per heavy atom. The van der Waals surface area contributed by atoms with Crippen LogP contribution in [0.15, 0.2) is 0 Å². The van der Waals surface area contributed by atoms with E-state index in [9.17, 15) is 4.79 Å². The monoisotopic (exact) mass is 261 g/mol. The minimum atomic E-state index is 0.276. The Hall–Kier alpha value is -0.0500. The van der Waals surface area contributed by atoms with E-state index in [1.165, 1.54) is 19.3 Å². The zero-order valence-electron chi connectivity index (χ0n) is 8.89. The van der Waals surface area contributed by atoms with Crippen molar-refractivity contribution in [2.75, 3.05) is 11.9 Å². The lowest BCUT2D eigenvalue weighted by Crippen LogP contribution is -2.26. The Morgan fingerprint density at radius 3 is 2.57 bits per heavy atom. The van der Waals surface area contributed by atoms with E-state index in [0.29, 0.717) is 11.8 Å². The van der Waals surface area contributed by atoms with E-state index in [1.54, 1.807) is 0 Å². The molecule has 0 bridgehead atoms. The summed E-state index contributed by atoms with van der Waals surface area (Å²) in [4.78, 5) is 11.4. The zero-order chi connectivity index (χ0) is 10.4. The molecule has 14 heavy (non-hydrogen) atoms. The third-order valence-corrected chi connectivity index (χ3v) is 3.37. The first-order chi connectivity index (χ1) is 6.75. The van der Waals surface area contributed by atoms with Gasteiger partial charge in [-0.25, -0.2) is 0 Å². The average Bonchev–Trinajstić information content (AvgIpc) is 2.88. The summed E-state index contributed by atoms with van der Waals surface area (Å²) in [6.45, 7) is 3.00. The molecule has 0 saturated heterocycles. The minimum absolute atomic E-state index is 0.276. The molecule has 1 aliphatic carbocycles. The average molecular weight is 262 g/mol. The van der Waals surface area contributed by atoms with Crippen LogP contribution in [0, 0.1) is 11.8 Å². The summed E-state index contributed by atoms with van der Waals surface area (Å²) in [5, 5.41) is 4.10. The van der Waals surface area contributed by atoms with Crippen LogP contribution in [-0.4, -0.2) is 17.8 Å². The van der Waals surface area contributed by atoms with Gasteiger partial charge in [-0.05, 0) is 25.2 Å². The van der Waals surface area contributed by atoms with Gasteiger partial charge in [-0.1, -0.05) is 35.7 Å². The molecule has 0 aromatic heterocycles. The van der Waals surface area contributed by atoms with E-state index in [1.807, 2.05) is 0 Å². The summed E-state index contributed by atoms with van der Waals surface area (Å²) < 4.78 is 0. The van der Waals surface area contributed by atoms with Gasteiger partial charge in [0.15, 0.2) is 0 Å². The van der Waals surface area contributed by atoms with Crippen molar-refractivity contribution in [3.63, 3.8) is 0 Å². The molecular weight excluding hydrogens is 242 g/mol. The smallest absolute Gasteiger partial charge is 0.223 e. The van der Waals surface area contributed by atoms with Crippen LogP contribution >= 0.6 is 15.9 Å². The van der Waals surface area contributed by atoms with Crippen molar-refractivity contribution in [2.24, 2.45) is 11.8 Å². The van der Waals surface area contributed by atoms with Crippen molar-refractivity contribution >= 4 is 21.8 Å². The lowest BCUT2D eigenvalue weighted by molar-refractivity contribution is -0.122. The van der Waals surface area contributed by atoms with Gasteiger partial charge < -0.3 is 5.32 Å². The van der Waals surface area contributed by atoms with Gasteiger partial charge in [-0.2, -0.15) is 0 Å². The number of hydrogen-bond acceptors (Lipinski definition) is 1. The molecule has 2 unspecified atom stereocenters. The van der Waals surface area contributed by atoms with Crippen molar-refractivity contribution in [1.82, 2.24) is 5.32 Å². The number of rotatable bonds is 7. The van der Waals surface area contributed by atoms with Crippen molar-refractivity contribution in [3.8, 4) is 0 Å². The van der Waals surface area contributed by atoms with E-state index < -0.39 is 0 Å². The van der Waals surface area contributed by atoms with E-state index in [0.717, 1.165) is 24.7 Å². The molecule has 1 aliphatic rings. The molecule has 2 atom stereocenters. The van der Waals surface area contributed by atoms with Crippen LogP contribution in [0.2, 0.25) is 0 Å². The number of amides is 1. The Bertz CT molecular complexity index is 184. The number of nitrogens with one attached hydrogen (secondary N) is 1. The highest BCUT2D eigenvalue weighted by molar-refractivity contribution is 9.09.